The maximum absolute atomic E-state index is 10.8. The van der Waals surface area contributed by atoms with Gasteiger partial charge in [-0.1, -0.05) is 18.2 Å². The zero-order valence-electron chi connectivity index (χ0n) is 11.0. The lowest BCUT2D eigenvalue weighted by atomic mass is 10.1. The molecule has 1 unspecified atom stereocenters. The van der Waals surface area contributed by atoms with E-state index < -0.39 is 5.97 Å². The quantitative estimate of drug-likeness (QED) is 0.871. The number of carboxylic acid groups (broad SMARTS) is 1. The smallest absolute Gasteiger partial charge is 0.307 e. The lowest BCUT2D eigenvalue weighted by molar-refractivity contribution is -0.136. The molecule has 104 valence electrons. The molecule has 0 aromatic heterocycles. The van der Waals surface area contributed by atoms with Crippen LogP contribution in [0.1, 0.15) is 12.5 Å². The number of carbonyl (C=O) groups is 1. The van der Waals surface area contributed by atoms with E-state index in [0.717, 1.165) is 13.1 Å². The Morgan fingerprint density at radius 2 is 2.11 bits per heavy atom. The van der Waals surface area contributed by atoms with Gasteiger partial charge in [0.1, 0.15) is 12.0 Å². The first-order valence-electron chi connectivity index (χ1n) is 6.45. The van der Waals surface area contributed by atoms with Crippen molar-refractivity contribution >= 4 is 5.97 Å². The second-order valence-electron chi connectivity index (χ2n) is 4.54. The topological polar surface area (TPSA) is 59.0 Å². The van der Waals surface area contributed by atoms with Crippen molar-refractivity contribution in [1.82, 2.24) is 4.90 Å². The summed E-state index contributed by atoms with van der Waals surface area (Å²) < 4.78 is 11.2. The summed E-state index contributed by atoms with van der Waals surface area (Å²) in [7, 11) is 0. The highest BCUT2D eigenvalue weighted by atomic mass is 16.5. The minimum Gasteiger partial charge on any atom is -0.481 e. The molecule has 0 aliphatic carbocycles. The van der Waals surface area contributed by atoms with Gasteiger partial charge in [-0.2, -0.15) is 0 Å². The van der Waals surface area contributed by atoms with Crippen LogP contribution in [0, 0.1) is 0 Å². The van der Waals surface area contributed by atoms with Gasteiger partial charge in [0.2, 0.25) is 0 Å². The number of nitrogens with zero attached hydrogens (tertiary/aromatic N) is 1. The predicted octanol–water partition coefficient (Wildman–Crippen LogP) is 1.37. The molecular weight excluding hydrogens is 246 g/mol. The number of morpholine rings is 1. The third kappa shape index (κ3) is 3.94. The van der Waals surface area contributed by atoms with E-state index in [1.165, 1.54) is 0 Å². The molecule has 1 N–H and O–H groups in total. The maximum Gasteiger partial charge on any atom is 0.307 e. The molecule has 19 heavy (non-hydrogen) atoms. The number of hydrogen-bond acceptors (Lipinski definition) is 4. The zero-order valence-corrected chi connectivity index (χ0v) is 11.0. The second-order valence-corrected chi connectivity index (χ2v) is 4.54. The Morgan fingerprint density at radius 1 is 1.42 bits per heavy atom. The van der Waals surface area contributed by atoms with Gasteiger partial charge in [-0.15, -0.1) is 0 Å². The Labute approximate surface area is 112 Å². The van der Waals surface area contributed by atoms with Crippen molar-refractivity contribution in [3.63, 3.8) is 0 Å². The maximum atomic E-state index is 10.8. The molecule has 1 atom stereocenters. The number of benzene rings is 1. The molecule has 1 aliphatic rings. The Morgan fingerprint density at radius 3 is 2.79 bits per heavy atom. The molecule has 0 radical (unpaired) electrons. The molecule has 0 saturated carbocycles. The SMILES string of the molecule is CC(Oc1ccccc1CC(=O)O)N1CCOCC1. The van der Waals surface area contributed by atoms with Crippen LogP contribution in [0.5, 0.6) is 5.75 Å². The van der Waals surface area contributed by atoms with Crippen LogP contribution < -0.4 is 4.74 Å². The van der Waals surface area contributed by atoms with E-state index in [1.54, 1.807) is 6.07 Å². The Kier molecular flexibility index (Phi) is 4.76. The normalized spacial score (nSPS) is 17.9. The molecule has 5 nitrogen and oxygen atoms in total. The lowest BCUT2D eigenvalue weighted by Gasteiger charge is -2.32. The molecular formula is C14H19NO4. The fourth-order valence-electron chi connectivity index (χ4n) is 2.13. The average molecular weight is 265 g/mol. The highest BCUT2D eigenvalue weighted by molar-refractivity contribution is 5.71. The highest BCUT2D eigenvalue weighted by Gasteiger charge is 2.19. The Bertz CT molecular complexity index is 429. The summed E-state index contributed by atoms with van der Waals surface area (Å²) in [6, 6.07) is 7.28. The molecule has 0 amide bonds. The first-order valence-corrected chi connectivity index (χ1v) is 6.45. The van der Waals surface area contributed by atoms with E-state index in [4.69, 9.17) is 14.6 Å². The van der Waals surface area contributed by atoms with Crippen LogP contribution in [-0.2, 0) is 16.0 Å². The largest absolute Gasteiger partial charge is 0.481 e. The molecule has 0 bridgehead atoms. The summed E-state index contributed by atoms with van der Waals surface area (Å²) in [5, 5.41) is 8.89. The summed E-state index contributed by atoms with van der Waals surface area (Å²) in [4.78, 5) is 13.0. The van der Waals surface area contributed by atoms with E-state index in [0.29, 0.717) is 24.5 Å². The van der Waals surface area contributed by atoms with E-state index in [9.17, 15) is 4.79 Å². The van der Waals surface area contributed by atoms with Crippen molar-refractivity contribution < 1.29 is 19.4 Å². The number of carboxylic acids is 1. The summed E-state index contributed by atoms with van der Waals surface area (Å²) >= 11 is 0. The molecule has 5 heteroatoms. The van der Waals surface area contributed by atoms with Gasteiger partial charge in [0.25, 0.3) is 0 Å². The van der Waals surface area contributed by atoms with Gasteiger partial charge in [-0.25, -0.2) is 0 Å². The average Bonchev–Trinajstić information content (AvgIpc) is 2.41. The van der Waals surface area contributed by atoms with Gasteiger partial charge in [0, 0.05) is 18.7 Å². The van der Waals surface area contributed by atoms with Gasteiger partial charge < -0.3 is 14.6 Å². The predicted molar refractivity (Wildman–Crippen MR) is 70.3 cm³/mol. The summed E-state index contributed by atoms with van der Waals surface area (Å²) in [6.07, 6.45) is -0.106. The summed E-state index contributed by atoms with van der Waals surface area (Å²) in [6.45, 7) is 5.07. The Hall–Kier alpha value is -1.59. The van der Waals surface area contributed by atoms with E-state index >= 15 is 0 Å². The van der Waals surface area contributed by atoms with Crippen LogP contribution in [0.25, 0.3) is 0 Å². The fourth-order valence-corrected chi connectivity index (χ4v) is 2.13. The van der Waals surface area contributed by atoms with Crippen molar-refractivity contribution in [2.24, 2.45) is 0 Å². The minimum absolute atomic E-state index is 0.0218. The number of hydrogen-bond donors (Lipinski definition) is 1. The zero-order chi connectivity index (χ0) is 13.7. The number of ether oxygens (including phenoxy) is 2. The number of aliphatic carboxylic acids is 1. The van der Waals surface area contributed by atoms with Crippen molar-refractivity contribution in [2.75, 3.05) is 26.3 Å². The van der Waals surface area contributed by atoms with Crippen molar-refractivity contribution in [3.8, 4) is 5.75 Å². The molecule has 1 aromatic carbocycles. The third-order valence-corrected chi connectivity index (χ3v) is 3.17. The van der Waals surface area contributed by atoms with Crippen LogP contribution >= 0.6 is 0 Å². The van der Waals surface area contributed by atoms with Crippen LogP contribution in [0.4, 0.5) is 0 Å². The Balaban J connectivity index is 2.02. The van der Waals surface area contributed by atoms with Crippen molar-refractivity contribution in [1.29, 1.82) is 0 Å². The highest BCUT2D eigenvalue weighted by Crippen LogP contribution is 2.21. The third-order valence-electron chi connectivity index (χ3n) is 3.17. The minimum atomic E-state index is -0.852. The first kappa shape index (κ1) is 13.8. The van der Waals surface area contributed by atoms with E-state index in [1.807, 2.05) is 25.1 Å². The van der Waals surface area contributed by atoms with E-state index in [-0.39, 0.29) is 12.6 Å². The second kappa shape index (κ2) is 6.54. The molecule has 1 saturated heterocycles. The number of para-hydroxylation sites is 1. The summed E-state index contributed by atoms with van der Waals surface area (Å²) in [5.41, 5.74) is 0.704. The molecule has 1 fully saturated rings. The molecule has 1 aliphatic heterocycles. The van der Waals surface area contributed by atoms with Crippen LogP contribution in [-0.4, -0.2) is 48.5 Å². The van der Waals surface area contributed by atoms with Gasteiger partial charge in [-0.05, 0) is 13.0 Å². The van der Waals surface area contributed by atoms with Crippen molar-refractivity contribution in [3.05, 3.63) is 29.8 Å². The molecule has 0 spiro atoms. The van der Waals surface area contributed by atoms with Crippen LogP contribution in [0.2, 0.25) is 0 Å². The summed E-state index contributed by atoms with van der Waals surface area (Å²) in [5.74, 6) is -0.209. The van der Waals surface area contributed by atoms with Crippen LogP contribution in [0.15, 0.2) is 24.3 Å². The van der Waals surface area contributed by atoms with Gasteiger partial charge >= 0.3 is 5.97 Å². The number of rotatable bonds is 5. The fraction of sp³-hybridized carbons (Fsp3) is 0.500. The van der Waals surface area contributed by atoms with Crippen molar-refractivity contribution in [2.45, 2.75) is 19.6 Å². The lowest BCUT2D eigenvalue weighted by Crippen LogP contribution is -2.44. The molecule has 1 aromatic rings. The standard InChI is InChI=1S/C14H19NO4/c1-11(15-6-8-18-9-7-15)19-13-5-3-2-4-12(13)10-14(16)17/h2-5,11H,6-10H2,1H3,(H,16,17). The first-order chi connectivity index (χ1) is 9.16. The van der Waals surface area contributed by atoms with Gasteiger partial charge in [0.05, 0.1) is 19.6 Å². The van der Waals surface area contributed by atoms with Crippen LogP contribution in [0.3, 0.4) is 0 Å². The molecule has 2 rings (SSSR count). The van der Waals surface area contributed by atoms with Gasteiger partial charge in [-0.3, -0.25) is 9.69 Å². The van der Waals surface area contributed by atoms with Gasteiger partial charge in [0.15, 0.2) is 0 Å². The molecule has 1 heterocycles. The monoisotopic (exact) mass is 265 g/mol. The van der Waals surface area contributed by atoms with E-state index in [2.05, 4.69) is 4.90 Å².